The van der Waals surface area contributed by atoms with Gasteiger partial charge in [-0.2, -0.15) is 0 Å². The number of para-hydroxylation sites is 2. The minimum absolute atomic E-state index is 0.0186. The Morgan fingerprint density at radius 1 is 1.44 bits per heavy atom. The zero-order valence-electron chi connectivity index (χ0n) is 9.62. The molecule has 0 saturated carbocycles. The fraction of sp³-hybridized carbons (Fsp3) is 0.333. The van der Waals surface area contributed by atoms with Crippen LogP contribution >= 0.6 is 31.9 Å². The van der Waals surface area contributed by atoms with Crippen LogP contribution in [0.3, 0.4) is 0 Å². The van der Waals surface area contributed by atoms with E-state index in [-0.39, 0.29) is 10.7 Å². The van der Waals surface area contributed by atoms with Crippen molar-refractivity contribution in [2.24, 2.45) is 0 Å². The van der Waals surface area contributed by atoms with Crippen LogP contribution in [0.25, 0.3) is 11.0 Å². The molecule has 0 spiro atoms. The Hall–Kier alpha value is -0.880. The Kier molecular flexibility index (Phi) is 4.77. The number of hydrogen-bond acceptors (Lipinski definition) is 2. The summed E-state index contributed by atoms with van der Waals surface area (Å²) in [5.74, 6) is 0.748. The average molecular weight is 375 g/mol. The molecular weight excluding hydrogens is 362 g/mol. The zero-order valence-corrected chi connectivity index (χ0v) is 12.8. The van der Waals surface area contributed by atoms with Gasteiger partial charge in [-0.05, 0) is 18.6 Å². The van der Waals surface area contributed by atoms with E-state index in [1.807, 2.05) is 24.3 Å². The van der Waals surface area contributed by atoms with Crippen molar-refractivity contribution >= 4 is 48.8 Å². The number of fused-ring (bicyclic) bond motifs is 1. The quantitative estimate of drug-likeness (QED) is 0.790. The third-order valence-electron chi connectivity index (χ3n) is 2.52. The monoisotopic (exact) mass is 373 g/mol. The molecule has 18 heavy (non-hydrogen) atoms. The Bertz CT molecular complexity index is 508. The second kappa shape index (κ2) is 6.33. The lowest BCUT2D eigenvalue weighted by molar-refractivity contribution is -0.120. The van der Waals surface area contributed by atoms with Crippen LogP contribution in [0.5, 0.6) is 0 Å². The predicted octanol–water partition coefficient (Wildman–Crippen LogP) is 2.73. The Morgan fingerprint density at radius 2 is 2.22 bits per heavy atom. The van der Waals surface area contributed by atoms with Crippen LogP contribution in [-0.4, -0.2) is 26.0 Å². The van der Waals surface area contributed by atoms with Gasteiger partial charge in [-0.25, -0.2) is 4.98 Å². The SMILES string of the molecule is O=C(NCc1nc2ccccc2[nH]1)[C@@H](Br)CCBr. The minimum Gasteiger partial charge on any atom is -0.348 e. The minimum atomic E-state index is -0.166. The van der Waals surface area contributed by atoms with Gasteiger partial charge >= 0.3 is 0 Å². The number of rotatable bonds is 5. The van der Waals surface area contributed by atoms with E-state index in [2.05, 4.69) is 47.1 Å². The fourth-order valence-corrected chi connectivity index (χ4v) is 3.06. The first-order chi connectivity index (χ1) is 8.70. The van der Waals surface area contributed by atoms with Crippen LogP contribution in [0.15, 0.2) is 24.3 Å². The van der Waals surface area contributed by atoms with Crippen molar-refractivity contribution < 1.29 is 4.79 Å². The summed E-state index contributed by atoms with van der Waals surface area (Å²) in [6.07, 6.45) is 0.756. The van der Waals surface area contributed by atoms with Crippen LogP contribution in [0.4, 0.5) is 0 Å². The van der Waals surface area contributed by atoms with Gasteiger partial charge in [0.15, 0.2) is 0 Å². The number of aromatic nitrogens is 2. The Morgan fingerprint density at radius 3 is 2.94 bits per heavy atom. The van der Waals surface area contributed by atoms with Crippen molar-refractivity contribution in [1.29, 1.82) is 0 Å². The highest BCUT2D eigenvalue weighted by Gasteiger charge is 2.13. The van der Waals surface area contributed by atoms with E-state index in [1.165, 1.54) is 0 Å². The first-order valence-electron chi connectivity index (χ1n) is 5.62. The number of amides is 1. The molecule has 0 unspecified atom stereocenters. The van der Waals surface area contributed by atoms with Gasteiger partial charge in [-0.1, -0.05) is 44.0 Å². The number of imidazole rings is 1. The van der Waals surface area contributed by atoms with Crippen LogP contribution in [0.1, 0.15) is 12.2 Å². The second-order valence-electron chi connectivity index (χ2n) is 3.86. The summed E-state index contributed by atoms with van der Waals surface area (Å²) in [5, 5.41) is 3.64. The number of alkyl halides is 2. The van der Waals surface area contributed by atoms with Crippen molar-refractivity contribution in [1.82, 2.24) is 15.3 Å². The molecule has 0 aliphatic heterocycles. The third kappa shape index (κ3) is 3.32. The van der Waals surface area contributed by atoms with Crippen molar-refractivity contribution in [3.8, 4) is 0 Å². The van der Waals surface area contributed by atoms with Crippen molar-refractivity contribution in [3.63, 3.8) is 0 Å². The van der Waals surface area contributed by atoms with Crippen LogP contribution in [0, 0.1) is 0 Å². The molecule has 1 heterocycles. The topological polar surface area (TPSA) is 57.8 Å². The molecular formula is C12H13Br2N3O. The van der Waals surface area contributed by atoms with Crippen molar-refractivity contribution in [3.05, 3.63) is 30.1 Å². The van der Waals surface area contributed by atoms with E-state index in [1.54, 1.807) is 0 Å². The first-order valence-corrected chi connectivity index (χ1v) is 7.66. The summed E-state index contributed by atoms with van der Waals surface area (Å²) in [5.41, 5.74) is 1.90. The smallest absolute Gasteiger partial charge is 0.234 e. The van der Waals surface area contributed by atoms with Gasteiger partial charge in [-0.15, -0.1) is 0 Å². The van der Waals surface area contributed by atoms with Crippen LogP contribution in [-0.2, 0) is 11.3 Å². The molecule has 1 atom stereocenters. The summed E-state index contributed by atoms with van der Waals surface area (Å²) in [6, 6.07) is 7.80. The van der Waals surface area contributed by atoms with Gasteiger partial charge in [0.1, 0.15) is 5.82 Å². The Labute approximate surface area is 122 Å². The standard InChI is InChI=1S/C12H13Br2N3O/c13-6-5-8(14)12(18)15-7-11-16-9-3-1-2-4-10(9)17-11/h1-4,8H,5-7H2,(H,15,18)(H,16,17)/t8-/m0/s1. The number of H-pyrrole nitrogens is 1. The molecule has 0 aliphatic carbocycles. The highest BCUT2D eigenvalue weighted by molar-refractivity contribution is 9.10. The summed E-state index contributed by atoms with van der Waals surface area (Å²) < 4.78 is 0. The van der Waals surface area contributed by atoms with Crippen molar-refractivity contribution in [2.75, 3.05) is 5.33 Å². The zero-order chi connectivity index (χ0) is 13.0. The van der Waals surface area contributed by atoms with Gasteiger partial charge in [0, 0.05) is 5.33 Å². The number of hydrogen-bond donors (Lipinski definition) is 2. The van der Waals surface area contributed by atoms with Crippen molar-refractivity contribution in [2.45, 2.75) is 17.8 Å². The van der Waals surface area contributed by atoms with Crippen LogP contribution in [0.2, 0.25) is 0 Å². The van der Waals surface area contributed by atoms with Gasteiger partial charge < -0.3 is 10.3 Å². The molecule has 2 rings (SSSR count). The van der Waals surface area contributed by atoms with E-state index >= 15 is 0 Å². The van der Waals surface area contributed by atoms with E-state index in [0.29, 0.717) is 6.54 Å². The maximum Gasteiger partial charge on any atom is 0.234 e. The second-order valence-corrected chi connectivity index (χ2v) is 5.76. The molecule has 0 radical (unpaired) electrons. The summed E-state index contributed by atoms with van der Waals surface area (Å²) in [6.45, 7) is 0.415. The van der Waals surface area contributed by atoms with E-state index in [0.717, 1.165) is 28.6 Å². The fourth-order valence-electron chi connectivity index (χ4n) is 1.60. The lowest BCUT2D eigenvalue weighted by atomic mass is 10.3. The van der Waals surface area contributed by atoms with Gasteiger partial charge in [0.25, 0.3) is 0 Å². The number of nitrogens with zero attached hydrogens (tertiary/aromatic N) is 1. The number of nitrogens with one attached hydrogen (secondary N) is 2. The maximum atomic E-state index is 11.7. The molecule has 4 nitrogen and oxygen atoms in total. The molecule has 0 aliphatic rings. The highest BCUT2D eigenvalue weighted by atomic mass is 79.9. The summed E-state index contributed by atoms with van der Waals surface area (Å²) in [4.78, 5) is 19.1. The molecule has 0 bridgehead atoms. The third-order valence-corrected chi connectivity index (χ3v) is 3.85. The number of aromatic amines is 1. The molecule has 6 heteroatoms. The molecule has 1 aromatic carbocycles. The largest absolute Gasteiger partial charge is 0.348 e. The number of carbonyl (C=O) groups is 1. The highest BCUT2D eigenvalue weighted by Crippen LogP contribution is 2.11. The molecule has 0 fully saturated rings. The van der Waals surface area contributed by atoms with Gasteiger partial charge in [-0.3, -0.25) is 4.79 Å². The molecule has 2 aromatic rings. The van der Waals surface area contributed by atoms with Gasteiger partial charge in [0.2, 0.25) is 5.91 Å². The van der Waals surface area contributed by atoms with E-state index < -0.39 is 0 Å². The number of halogens is 2. The molecule has 1 aromatic heterocycles. The lowest BCUT2D eigenvalue weighted by Gasteiger charge is -2.07. The molecule has 2 N–H and O–H groups in total. The van der Waals surface area contributed by atoms with Crippen LogP contribution < -0.4 is 5.32 Å². The van der Waals surface area contributed by atoms with E-state index in [4.69, 9.17) is 0 Å². The summed E-state index contributed by atoms with van der Waals surface area (Å²) in [7, 11) is 0. The van der Waals surface area contributed by atoms with Gasteiger partial charge in [0.05, 0.1) is 22.4 Å². The lowest BCUT2D eigenvalue weighted by Crippen LogP contribution is -2.31. The molecule has 0 saturated heterocycles. The normalized spacial score (nSPS) is 12.6. The molecule has 1 amide bonds. The summed E-state index contributed by atoms with van der Waals surface area (Å²) >= 11 is 6.65. The number of benzene rings is 1. The first kappa shape index (κ1) is 13.5. The number of carbonyl (C=O) groups excluding carboxylic acids is 1. The average Bonchev–Trinajstić information content (AvgIpc) is 2.78. The predicted molar refractivity (Wildman–Crippen MR) is 79.1 cm³/mol. The Balaban J connectivity index is 1.95. The van der Waals surface area contributed by atoms with E-state index in [9.17, 15) is 4.79 Å². The maximum absolute atomic E-state index is 11.7. The molecule has 96 valence electrons.